The second-order valence-electron chi connectivity index (χ2n) is 5.63. The minimum atomic E-state index is -0.894. The van der Waals surface area contributed by atoms with Crippen LogP contribution in [-0.2, 0) is 6.54 Å². The molecule has 0 aliphatic rings. The van der Waals surface area contributed by atoms with Gasteiger partial charge in [-0.3, -0.25) is 0 Å². The van der Waals surface area contributed by atoms with E-state index >= 15 is 0 Å². The molecule has 4 aromatic rings. The molecule has 1 N–H and O–H groups in total. The fraction of sp³-hybridized carbons (Fsp3) is 0.0500. The average molecular weight is 301 g/mol. The number of carboxylic acid groups (broad SMARTS) is 1. The summed E-state index contributed by atoms with van der Waals surface area (Å²) in [6.45, 7) is 0.648. The van der Waals surface area contributed by atoms with Crippen LogP contribution in [0.1, 0.15) is 15.9 Å². The molecule has 0 atom stereocenters. The summed E-state index contributed by atoms with van der Waals surface area (Å²) in [4.78, 5) is 11.2. The molecule has 0 aliphatic heterocycles. The number of hydrogen-bond acceptors (Lipinski definition) is 1. The fourth-order valence-electron chi connectivity index (χ4n) is 3.16. The van der Waals surface area contributed by atoms with Crippen molar-refractivity contribution in [2.75, 3.05) is 0 Å². The van der Waals surface area contributed by atoms with Gasteiger partial charge in [-0.25, -0.2) is 4.79 Å². The summed E-state index contributed by atoms with van der Waals surface area (Å²) >= 11 is 0. The second kappa shape index (κ2) is 5.29. The number of aromatic carboxylic acids is 1. The molecule has 0 unspecified atom stereocenters. The average Bonchev–Trinajstić information content (AvgIpc) is 2.90. The summed E-state index contributed by atoms with van der Waals surface area (Å²) in [7, 11) is 0. The van der Waals surface area contributed by atoms with Crippen molar-refractivity contribution in [3.05, 3.63) is 83.9 Å². The standard InChI is InChI=1S/C20H15NO2/c22-20(23)15-7-5-6-14(12-15)13-21-18-10-3-1-8-16(18)17-9-2-4-11-19(17)21/h1-12H,13H2,(H,22,23). The Labute approximate surface area is 133 Å². The van der Waals surface area contributed by atoms with Crippen LogP contribution in [0.2, 0.25) is 0 Å². The highest BCUT2D eigenvalue weighted by atomic mass is 16.4. The van der Waals surface area contributed by atoms with Crippen LogP contribution in [0.3, 0.4) is 0 Å². The molecule has 0 saturated carbocycles. The Morgan fingerprint density at radius 1 is 0.826 bits per heavy atom. The van der Waals surface area contributed by atoms with Crippen molar-refractivity contribution in [3.8, 4) is 0 Å². The van der Waals surface area contributed by atoms with Gasteiger partial charge in [-0.2, -0.15) is 0 Å². The maximum absolute atomic E-state index is 11.2. The van der Waals surface area contributed by atoms with Crippen molar-refractivity contribution in [1.29, 1.82) is 0 Å². The molecule has 0 spiro atoms. The largest absolute Gasteiger partial charge is 0.478 e. The van der Waals surface area contributed by atoms with Crippen molar-refractivity contribution in [1.82, 2.24) is 4.57 Å². The third-order valence-corrected chi connectivity index (χ3v) is 4.19. The van der Waals surface area contributed by atoms with E-state index in [0.29, 0.717) is 12.1 Å². The molecular formula is C20H15NO2. The molecule has 0 saturated heterocycles. The van der Waals surface area contributed by atoms with E-state index in [4.69, 9.17) is 0 Å². The lowest BCUT2D eigenvalue weighted by atomic mass is 10.1. The SMILES string of the molecule is O=C(O)c1cccc(Cn2c3ccccc3c3ccccc32)c1. The van der Waals surface area contributed by atoms with Crippen molar-refractivity contribution in [2.45, 2.75) is 6.54 Å². The molecule has 1 heterocycles. The van der Waals surface area contributed by atoms with Gasteiger partial charge in [0.25, 0.3) is 0 Å². The van der Waals surface area contributed by atoms with Gasteiger partial charge >= 0.3 is 5.97 Å². The number of aromatic nitrogens is 1. The summed E-state index contributed by atoms with van der Waals surface area (Å²) in [6.07, 6.45) is 0. The van der Waals surface area contributed by atoms with Crippen molar-refractivity contribution in [3.63, 3.8) is 0 Å². The van der Waals surface area contributed by atoms with Crippen LogP contribution < -0.4 is 0 Å². The Hall–Kier alpha value is -3.07. The van der Waals surface area contributed by atoms with E-state index in [9.17, 15) is 9.90 Å². The predicted molar refractivity (Wildman–Crippen MR) is 91.9 cm³/mol. The zero-order valence-corrected chi connectivity index (χ0v) is 12.4. The monoisotopic (exact) mass is 301 g/mol. The predicted octanol–water partition coefficient (Wildman–Crippen LogP) is 4.54. The van der Waals surface area contributed by atoms with Gasteiger partial charge in [-0.15, -0.1) is 0 Å². The maximum Gasteiger partial charge on any atom is 0.335 e. The lowest BCUT2D eigenvalue weighted by Crippen LogP contribution is -2.02. The Bertz CT molecular complexity index is 977. The van der Waals surface area contributed by atoms with Gasteiger partial charge in [-0.1, -0.05) is 48.5 Å². The number of fused-ring (bicyclic) bond motifs is 3. The molecule has 112 valence electrons. The Morgan fingerprint density at radius 2 is 1.43 bits per heavy atom. The second-order valence-corrected chi connectivity index (χ2v) is 5.63. The quantitative estimate of drug-likeness (QED) is 0.603. The van der Waals surface area contributed by atoms with Crippen LogP contribution in [-0.4, -0.2) is 15.6 Å². The van der Waals surface area contributed by atoms with E-state index < -0.39 is 5.97 Å². The number of carboxylic acids is 1. The van der Waals surface area contributed by atoms with Crippen molar-refractivity contribution >= 4 is 27.8 Å². The molecule has 23 heavy (non-hydrogen) atoms. The first-order valence-electron chi connectivity index (χ1n) is 7.52. The molecule has 0 amide bonds. The van der Waals surface area contributed by atoms with Gasteiger partial charge in [0.15, 0.2) is 0 Å². The van der Waals surface area contributed by atoms with Crippen LogP contribution in [0, 0.1) is 0 Å². The number of para-hydroxylation sites is 2. The molecule has 3 aromatic carbocycles. The number of rotatable bonds is 3. The first-order chi connectivity index (χ1) is 11.2. The lowest BCUT2D eigenvalue weighted by molar-refractivity contribution is 0.0696. The number of carbonyl (C=O) groups is 1. The summed E-state index contributed by atoms with van der Waals surface area (Å²) in [5, 5.41) is 11.6. The van der Waals surface area contributed by atoms with E-state index in [-0.39, 0.29) is 0 Å². The molecule has 0 bridgehead atoms. The Balaban J connectivity index is 1.91. The van der Waals surface area contributed by atoms with E-state index in [0.717, 1.165) is 16.6 Å². The first kappa shape index (κ1) is 13.6. The summed E-state index contributed by atoms with van der Waals surface area (Å²) in [5.41, 5.74) is 3.63. The van der Waals surface area contributed by atoms with Gasteiger partial charge in [0.1, 0.15) is 0 Å². The number of benzene rings is 3. The molecule has 4 rings (SSSR count). The third kappa shape index (κ3) is 2.27. The molecule has 3 nitrogen and oxygen atoms in total. The van der Waals surface area contributed by atoms with Crippen LogP contribution in [0.15, 0.2) is 72.8 Å². The van der Waals surface area contributed by atoms with Crippen LogP contribution in [0.5, 0.6) is 0 Å². The summed E-state index contributed by atoms with van der Waals surface area (Å²) < 4.78 is 2.24. The highest BCUT2D eigenvalue weighted by Crippen LogP contribution is 2.29. The van der Waals surface area contributed by atoms with Gasteiger partial charge in [0, 0.05) is 28.4 Å². The Morgan fingerprint density at radius 3 is 2.04 bits per heavy atom. The minimum Gasteiger partial charge on any atom is -0.478 e. The molecule has 3 heteroatoms. The van der Waals surface area contributed by atoms with Gasteiger partial charge < -0.3 is 9.67 Å². The molecule has 0 radical (unpaired) electrons. The molecule has 0 aliphatic carbocycles. The van der Waals surface area contributed by atoms with Gasteiger partial charge in [0.2, 0.25) is 0 Å². The number of nitrogens with zero attached hydrogens (tertiary/aromatic N) is 1. The minimum absolute atomic E-state index is 0.322. The maximum atomic E-state index is 11.2. The molecule has 1 aromatic heterocycles. The van der Waals surface area contributed by atoms with E-state index in [1.54, 1.807) is 18.2 Å². The summed E-state index contributed by atoms with van der Waals surface area (Å²) in [5.74, 6) is -0.894. The smallest absolute Gasteiger partial charge is 0.335 e. The van der Waals surface area contributed by atoms with Gasteiger partial charge in [0.05, 0.1) is 5.56 Å². The highest BCUT2D eigenvalue weighted by molar-refractivity contribution is 6.08. The van der Waals surface area contributed by atoms with E-state index in [2.05, 4.69) is 28.8 Å². The molecule has 0 fully saturated rings. The van der Waals surface area contributed by atoms with Crippen LogP contribution >= 0.6 is 0 Å². The lowest BCUT2D eigenvalue weighted by Gasteiger charge is -2.08. The Kier molecular flexibility index (Phi) is 3.12. The van der Waals surface area contributed by atoms with Crippen LogP contribution in [0.4, 0.5) is 0 Å². The topological polar surface area (TPSA) is 42.2 Å². The van der Waals surface area contributed by atoms with Crippen molar-refractivity contribution in [2.24, 2.45) is 0 Å². The first-order valence-corrected chi connectivity index (χ1v) is 7.52. The highest BCUT2D eigenvalue weighted by Gasteiger charge is 2.10. The molecular weight excluding hydrogens is 286 g/mol. The zero-order valence-electron chi connectivity index (χ0n) is 12.4. The van der Waals surface area contributed by atoms with E-state index in [1.807, 2.05) is 30.3 Å². The normalized spacial score (nSPS) is 11.1. The number of hydrogen-bond donors (Lipinski definition) is 1. The summed E-state index contributed by atoms with van der Waals surface area (Å²) in [6, 6.07) is 23.8. The van der Waals surface area contributed by atoms with E-state index in [1.165, 1.54) is 10.8 Å². The fourth-order valence-corrected chi connectivity index (χ4v) is 3.16. The zero-order chi connectivity index (χ0) is 15.8. The van der Waals surface area contributed by atoms with Crippen LogP contribution in [0.25, 0.3) is 21.8 Å². The van der Waals surface area contributed by atoms with Crippen molar-refractivity contribution < 1.29 is 9.90 Å². The third-order valence-electron chi connectivity index (χ3n) is 4.19. The van der Waals surface area contributed by atoms with Gasteiger partial charge in [-0.05, 0) is 29.8 Å².